The summed E-state index contributed by atoms with van der Waals surface area (Å²) < 4.78 is 44.7. The zero-order valence-corrected chi connectivity index (χ0v) is 12.4. The lowest BCUT2D eigenvalue weighted by Gasteiger charge is -2.12. The van der Waals surface area contributed by atoms with Gasteiger partial charge in [-0.1, -0.05) is 6.07 Å². The molecule has 0 atom stereocenters. The Hall–Kier alpha value is -2.48. The van der Waals surface area contributed by atoms with Crippen LogP contribution in [0.2, 0.25) is 0 Å². The van der Waals surface area contributed by atoms with Gasteiger partial charge in [0.2, 0.25) is 5.82 Å². The Bertz CT molecular complexity index is 868. The van der Waals surface area contributed by atoms with Crippen LogP contribution in [0.25, 0.3) is 10.9 Å². The number of fused-ring (bicyclic) bond motifs is 1. The molecule has 0 aliphatic heterocycles. The minimum Gasteiger partial charge on any atom is -0.424 e. The number of aromatic nitrogens is 4. The van der Waals surface area contributed by atoms with E-state index < -0.39 is 17.0 Å². The molecule has 0 spiro atoms. The summed E-state index contributed by atoms with van der Waals surface area (Å²) in [4.78, 5) is 14.8. The Labute approximate surface area is 133 Å². The van der Waals surface area contributed by atoms with Crippen LogP contribution in [-0.2, 0) is 5.38 Å². The van der Waals surface area contributed by atoms with Gasteiger partial charge in [0.1, 0.15) is 5.75 Å². The topological polar surface area (TPSA) is 60.8 Å². The number of alkyl halides is 3. The zero-order chi connectivity index (χ0) is 16.6. The largest absolute Gasteiger partial charge is 0.424 e. The molecule has 0 amide bonds. The van der Waals surface area contributed by atoms with Gasteiger partial charge in [-0.2, -0.15) is 8.78 Å². The summed E-state index contributed by atoms with van der Waals surface area (Å²) in [5, 5.41) is -3.26. The van der Waals surface area contributed by atoms with Crippen LogP contribution in [0.15, 0.2) is 30.6 Å². The Kier molecular flexibility index (Phi) is 3.77. The molecule has 3 rings (SSSR count). The van der Waals surface area contributed by atoms with Gasteiger partial charge in [-0.25, -0.2) is 24.3 Å². The minimum atomic E-state index is -3.67. The Morgan fingerprint density at radius 1 is 1.13 bits per heavy atom. The highest BCUT2D eigenvalue weighted by atomic mass is 35.5. The third-order valence-electron chi connectivity index (χ3n) is 2.92. The summed E-state index contributed by atoms with van der Waals surface area (Å²) in [6.45, 7) is 1.52. The van der Waals surface area contributed by atoms with E-state index in [1.807, 2.05) is 0 Å². The first-order chi connectivity index (χ1) is 10.8. The molecular weight excluding hydrogens is 333 g/mol. The first kappa shape index (κ1) is 15.4. The molecule has 23 heavy (non-hydrogen) atoms. The molecular formula is C14H8ClF3N4O. The number of hydrogen-bond donors (Lipinski definition) is 0. The van der Waals surface area contributed by atoms with E-state index in [1.165, 1.54) is 13.0 Å². The van der Waals surface area contributed by atoms with Crippen molar-refractivity contribution in [2.75, 3.05) is 0 Å². The molecule has 2 heterocycles. The van der Waals surface area contributed by atoms with Gasteiger partial charge in [-0.3, -0.25) is 0 Å². The predicted octanol–water partition coefficient (Wildman–Crippen LogP) is 3.95. The molecule has 1 aromatic carbocycles. The molecule has 0 unspecified atom stereocenters. The number of aryl methyl sites for hydroxylation is 1. The Balaban J connectivity index is 2.10. The van der Waals surface area contributed by atoms with Crippen molar-refractivity contribution in [2.24, 2.45) is 0 Å². The van der Waals surface area contributed by atoms with Crippen LogP contribution in [-0.4, -0.2) is 19.9 Å². The summed E-state index contributed by atoms with van der Waals surface area (Å²) in [5.74, 6) is -1.14. The van der Waals surface area contributed by atoms with Crippen molar-refractivity contribution < 1.29 is 17.9 Å². The van der Waals surface area contributed by atoms with Crippen molar-refractivity contribution in [1.29, 1.82) is 0 Å². The molecule has 0 N–H and O–H groups in total. The van der Waals surface area contributed by atoms with E-state index in [4.69, 9.17) is 16.3 Å². The molecule has 2 aromatic heterocycles. The monoisotopic (exact) mass is 340 g/mol. The number of hydrogen-bond acceptors (Lipinski definition) is 5. The second kappa shape index (κ2) is 5.62. The fraction of sp³-hybridized carbons (Fsp3) is 0.143. The van der Waals surface area contributed by atoms with Gasteiger partial charge in [-0.15, -0.1) is 0 Å². The van der Waals surface area contributed by atoms with Crippen molar-refractivity contribution in [3.63, 3.8) is 0 Å². The second-order valence-corrected chi connectivity index (χ2v) is 5.04. The minimum absolute atomic E-state index is 0.0925. The summed E-state index contributed by atoms with van der Waals surface area (Å²) in [5.41, 5.74) is 0.482. The van der Waals surface area contributed by atoms with Crippen molar-refractivity contribution >= 4 is 22.5 Å². The number of nitrogens with zero attached hydrogens (tertiary/aromatic N) is 4. The van der Waals surface area contributed by atoms with E-state index in [-0.39, 0.29) is 23.0 Å². The molecule has 0 radical (unpaired) electrons. The Morgan fingerprint density at radius 2 is 1.83 bits per heavy atom. The number of halogens is 4. The van der Waals surface area contributed by atoms with Crippen LogP contribution in [0.1, 0.15) is 11.5 Å². The van der Waals surface area contributed by atoms with Crippen LogP contribution in [0.5, 0.6) is 11.8 Å². The van der Waals surface area contributed by atoms with E-state index in [1.54, 1.807) is 12.1 Å². The fourth-order valence-corrected chi connectivity index (χ4v) is 2.08. The molecule has 0 bridgehead atoms. The molecule has 0 aliphatic rings. The van der Waals surface area contributed by atoms with Crippen LogP contribution < -0.4 is 4.74 Å². The van der Waals surface area contributed by atoms with Crippen LogP contribution in [0, 0.1) is 12.7 Å². The normalized spacial score (nSPS) is 11.7. The van der Waals surface area contributed by atoms with Gasteiger partial charge in [0, 0.05) is 0 Å². The highest BCUT2D eigenvalue weighted by Gasteiger charge is 2.32. The van der Waals surface area contributed by atoms with E-state index in [0.717, 1.165) is 12.4 Å². The smallest absolute Gasteiger partial charge is 0.381 e. The average molecular weight is 341 g/mol. The molecule has 0 saturated carbocycles. The number of rotatable bonds is 3. The lowest BCUT2D eigenvalue weighted by molar-refractivity contribution is 0.0847. The standard InChI is InChI=1S/C14H8ClF3N4O/c1-7-11-9(22-12(21-7)14(15,17)18)3-2-4-10(11)23-13-19-5-8(16)6-20-13/h2-6H,1H3. The van der Waals surface area contributed by atoms with Gasteiger partial charge in [-0.05, 0) is 30.7 Å². The van der Waals surface area contributed by atoms with Gasteiger partial charge in [0.25, 0.3) is 0 Å². The maximum Gasteiger partial charge on any atom is 0.381 e. The van der Waals surface area contributed by atoms with E-state index >= 15 is 0 Å². The number of benzene rings is 1. The van der Waals surface area contributed by atoms with Crippen molar-refractivity contribution in [3.05, 3.63) is 47.9 Å². The molecule has 0 fully saturated rings. The van der Waals surface area contributed by atoms with Gasteiger partial charge in [0.05, 0.1) is 29.0 Å². The summed E-state index contributed by atoms with van der Waals surface area (Å²) >= 11 is 4.97. The zero-order valence-electron chi connectivity index (χ0n) is 11.6. The maximum absolute atomic E-state index is 13.2. The fourth-order valence-electron chi connectivity index (χ4n) is 1.99. The highest BCUT2D eigenvalue weighted by molar-refractivity contribution is 6.21. The molecule has 0 aliphatic carbocycles. The van der Waals surface area contributed by atoms with Gasteiger partial charge in [0.15, 0.2) is 5.82 Å². The molecule has 3 aromatic rings. The first-order valence-corrected chi connectivity index (χ1v) is 6.72. The first-order valence-electron chi connectivity index (χ1n) is 6.34. The highest BCUT2D eigenvalue weighted by Crippen LogP contribution is 2.34. The summed E-state index contributed by atoms with van der Waals surface area (Å²) in [6, 6.07) is 4.56. The lowest BCUT2D eigenvalue weighted by Crippen LogP contribution is -2.11. The molecule has 0 saturated heterocycles. The van der Waals surface area contributed by atoms with Crippen LogP contribution >= 0.6 is 11.6 Å². The molecule has 118 valence electrons. The Morgan fingerprint density at radius 3 is 2.48 bits per heavy atom. The molecule has 9 heteroatoms. The summed E-state index contributed by atoms with van der Waals surface area (Å²) in [7, 11) is 0. The third-order valence-corrected chi connectivity index (χ3v) is 3.09. The SMILES string of the molecule is Cc1nc(C(F)(F)Cl)nc2cccc(Oc3ncc(F)cn3)c12. The van der Waals surface area contributed by atoms with Gasteiger partial charge >= 0.3 is 11.4 Å². The van der Waals surface area contributed by atoms with E-state index in [9.17, 15) is 13.2 Å². The average Bonchev–Trinajstić information content (AvgIpc) is 2.48. The maximum atomic E-state index is 13.2. The third kappa shape index (κ3) is 3.16. The number of ether oxygens (including phenoxy) is 1. The quantitative estimate of drug-likeness (QED) is 0.676. The summed E-state index contributed by atoms with van der Waals surface area (Å²) in [6.07, 6.45) is 1.89. The van der Waals surface area contributed by atoms with Crippen molar-refractivity contribution in [2.45, 2.75) is 12.3 Å². The van der Waals surface area contributed by atoms with Gasteiger partial charge < -0.3 is 4.74 Å². The molecule has 5 nitrogen and oxygen atoms in total. The van der Waals surface area contributed by atoms with E-state index in [0.29, 0.717) is 5.39 Å². The predicted molar refractivity (Wildman–Crippen MR) is 76.1 cm³/mol. The lowest BCUT2D eigenvalue weighted by atomic mass is 10.1. The van der Waals surface area contributed by atoms with Crippen molar-refractivity contribution in [1.82, 2.24) is 19.9 Å². The van der Waals surface area contributed by atoms with Crippen molar-refractivity contribution in [3.8, 4) is 11.8 Å². The van der Waals surface area contributed by atoms with E-state index in [2.05, 4.69) is 19.9 Å². The van der Waals surface area contributed by atoms with Crippen LogP contribution in [0.4, 0.5) is 13.2 Å². The second-order valence-electron chi connectivity index (χ2n) is 4.57. The van der Waals surface area contributed by atoms with Crippen LogP contribution in [0.3, 0.4) is 0 Å².